The first-order chi connectivity index (χ1) is 19.1. The van der Waals surface area contributed by atoms with Crippen molar-refractivity contribution in [1.29, 1.82) is 0 Å². The van der Waals surface area contributed by atoms with Gasteiger partial charge >= 0.3 is 0 Å². The molecular formula is C29H28N8O2. The first-order valence-electron chi connectivity index (χ1n) is 12.7. The molecule has 6 aromatic rings. The van der Waals surface area contributed by atoms with E-state index >= 15 is 0 Å². The summed E-state index contributed by atoms with van der Waals surface area (Å²) < 4.78 is 10.8. The van der Waals surface area contributed by atoms with Crippen LogP contribution in [0.25, 0.3) is 33.5 Å². The van der Waals surface area contributed by atoms with E-state index in [2.05, 4.69) is 73.2 Å². The van der Waals surface area contributed by atoms with Crippen LogP contribution in [0.5, 0.6) is 11.5 Å². The highest BCUT2D eigenvalue weighted by atomic mass is 16.5. The van der Waals surface area contributed by atoms with E-state index in [1.54, 1.807) is 21.3 Å². The average Bonchev–Trinajstić information content (AvgIpc) is 3.59. The van der Waals surface area contributed by atoms with Gasteiger partial charge in [-0.25, -0.2) is 9.97 Å². The number of ether oxygens (including phenoxy) is 2. The first-order valence-corrected chi connectivity index (χ1v) is 12.7. The number of hydrogen-bond acceptors (Lipinski definition) is 8. The maximum absolute atomic E-state index is 5.47. The number of benzene rings is 3. The third-order valence-corrected chi connectivity index (χ3v) is 6.66. The van der Waals surface area contributed by atoms with Crippen LogP contribution in [0.15, 0.2) is 66.9 Å². The molecule has 0 radical (unpaired) electrons. The van der Waals surface area contributed by atoms with Crippen LogP contribution in [0.2, 0.25) is 0 Å². The zero-order valence-corrected chi connectivity index (χ0v) is 22.0. The maximum Gasteiger partial charge on any atom is 0.242 e. The molecule has 3 aromatic heterocycles. The SMILES string of the molecule is COc1ccc(CCNc2cc3nc(-c4nnn(C)n4)ncc3c3[nH]c(Cc4ccccc4)cc23)cc1OC. The third-order valence-electron chi connectivity index (χ3n) is 6.66. The molecular weight excluding hydrogens is 492 g/mol. The molecule has 10 heteroatoms. The molecule has 6 rings (SSSR count). The van der Waals surface area contributed by atoms with E-state index in [4.69, 9.17) is 14.5 Å². The fourth-order valence-electron chi connectivity index (χ4n) is 4.76. The van der Waals surface area contributed by atoms with Crippen LogP contribution in [-0.2, 0) is 19.9 Å². The molecule has 0 bridgehead atoms. The molecule has 0 fully saturated rings. The maximum atomic E-state index is 5.47. The summed E-state index contributed by atoms with van der Waals surface area (Å²) in [4.78, 5) is 14.4. The van der Waals surface area contributed by atoms with E-state index in [0.717, 1.165) is 69.6 Å². The van der Waals surface area contributed by atoms with Gasteiger partial charge in [0.15, 0.2) is 11.5 Å². The topological polar surface area (TPSA) is 116 Å². The summed E-state index contributed by atoms with van der Waals surface area (Å²) in [6.07, 6.45) is 3.43. The molecule has 10 nitrogen and oxygen atoms in total. The Morgan fingerprint density at radius 1 is 0.897 bits per heavy atom. The summed E-state index contributed by atoms with van der Waals surface area (Å²) in [5, 5.41) is 17.9. The minimum Gasteiger partial charge on any atom is -0.493 e. The molecule has 3 heterocycles. The number of aromatic amines is 1. The molecule has 0 saturated heterocycles. The molecule has 39 heavy (non-hydrogen) atoms. The Balaban J connectivity index is 1.36. The Morgan fingerprint density at radius 3 is 2.51 bits per heavy atom. The van der Waals surface area contributed by atoms with Crippen molar-refractivity contribution in [2.75, 3.05) is 26.1 Å². The summed E-state index contributed by atoms with van der Waals surface area (Å²) >= 11 is 0. The molecule has 0 amide bonds. The van der Waals surface area contributed by atoms with E-state index in [1.165, 1.54) is 10.4 Å². The van der Waals surface area contributed by atoms with Crippen LogP contribution in [0.4, 0.5) is 5.69 Å². The standard InChI is InChI=1S/C29H28N8O2/c1-37-35-29(34-36-37)28-31-17-22-24(33-28)16-23(30-12-11-19-9-10-25(38-2)26(14-19)39-3)21-15-20(32-27(21)22)13-18-7-5-4-6-8-18/h4-10,14-17,30,32H,11-13H2,1-3H3. The fraction of sp³-hybridized carbons (Fsp3) is 0.207. The van der Waals surface area contributed by atoms with Gasteiger partial charge in [-0.3, -0.25) is 0 Å². The van der Waals surface area contributed by atoms with Crippen LogP contribution >= 0.6 is 0 Å². The predicted octanol–water partition coefficient (Wildman–Crippen LogP) is 4.56. The quantitative estimate of drug-likeness (QED) is 0.285. The number of anilines is 1. The lowest BCUT2D eigenvalue weighted by atomic mass is 10.1. The summed E-state index contributed by atoms with van der Waals surface area (Å²) in [6, 6.07) is 20.7. The van der Waals surface area contributed by atoms with Crippen molar-refractivity contribution in [3.05, 3.63) is 83.7 Å². The second-order valence-electron chi connectivity index (χ2n) is 9.26. The van der Waals surface area contributed by atoms with E-state index < -0.39 is 0 Å². The second-order valence-corrected chi connectivity index (χ2v) is 9.26. The number of nitrogens with one attached hydrogen (secondary N) is 2. The van der Waals surface area contributed by atoms with Crippen molar-refractivity contribution in [1.82, 2.24) is 35.2 Å². The van der Waals surface area contributed by atoms with Gasteiger partial charge in [-0.05, 0) is 47.0 Å². The Hall–Kier alpha value is -4.99. The van der Waals surface area contributed by atoms with Gasteiger partial charge in [0.25, 0.3) is 0 Å². The minimum atomic E-state index is 0.388. The number of aromatic nitrogens is 7. The molecule has 0 aliphatic heterocycles. The van der Waals surface area contributed by atoms with Crippen molar-refractivity contribution in [2.45, 2.75) is 12.8 Å². The van der Waals surface area contributed by atoms with Crippen molar-refractivity contribution in [2.24, 2.45) is 7.05 Å². The molecule has 0 aliphatic rings. The molecule has 0 aliphatic carbocycles. The number of fused-ring (bicyclic) bond motifs is 3. The lowest BCUT2D eigenvalue weighted by molar-refractivity contribution is 0.354. The predicted molar refractivity (Wildman–Crippen MR) is 150 cm³/mol. The highest BCUT2D eigenvalue weighted by Gasteiger charge is 2.15. The third kappa shape index (κ3) is 4.96. The van der Waals surface area contributed by atoms with Gasteiger partial charge in [-0.15, -0.1) is 10.2 Å². The molecule has 0 atom stereocenters. The number of methoxy groups -OCH3 is 2. The Labute approximate surface area is 225 Å². The normalized spacial score (nSPS) is 11.3. The van der Waals surface area contributed by atoms with Crippen molar-refractivity contribution >= 4 is 27.5 Å². The molecule has 0 spiro atoms. The Bertz CT molecular complexity index is 1760. The fourth-order valence-corrected chi connectivity index (χ4v) is 4.76. The smallest absolute Gasteiger partial charge is 0.242 e. The number of rotatable bonds is 9. The van der Waals surface area contributed by atoms with Gasteiger partial charge in [-0.2, -0.15) is 4.80 Å². The van der Waals surface area contributed by atoms with Crippen molar-refractivity contribution < 1.29 is 9.47 Å². The molecule has 196 valence electrons. The van der Waals surface area contributed by atoms with E-state index in [-0.39, 0.29) is 0 Å². The first kappa shape index (κ1) is 24.4. The van der Waals surface area contributed by atoms with Crippen LogP contribution in [0, 0.1) is 0 Å². The lowest BCUT2D eigenvalue weighted by Gasteiger charge is -2.12. The van der Waals surface area contributed by atoms with E-state index in [9.17, 15) is 0 Å². The molecule has 0 unspecified atom stereocenters. The zero-order valence-electron chi connectivity index (χ0n) is 22.0. The van der Waals surface area contributed by atoms with Gasteiger partial charge in [0.05, 0.1) is 32.3 Å². The number of H-pyrrole nitrogens is 1. The zero-order chi connectivity index (χ0) is 26.8. The molecule has 3 aromatic carbocycles. The van der Waals surface area contributed by atoms with Crippen LogP contribution in [-0.4, -0.2) is 55.9 Å². The van der Waals surface area contributed by atoms with Crippen molar-refractivity contribution in [3.63, 3.8) is 0 Å². The highest BCUT2D eigenvalue weighted by Crippen LogP contribution is 2.33. The van der Waals surface area contributed by atoms with Crippen molar-refractivity contribution in [3.8, 4) is 23.1 Å². The van der Waals surface area contributed by atoms with E-state index in [1.807, 2.05) is 24.4 Å². The lowest BCUT2D eigenvalue weighted by Crippen LogP contribution is -2.06. The number of tetrazole rings is 1. The largest absolute Gasteiger partial charge is 0.493 e. The van der Waals surface area contributed by atoms with E-state index in [0.29, 0.717) is 11.6 Å². The Kier molecular flexibility index (Phi) is 6.50. The summed E-state index contributed by atoms with van der Waals surface area (Å²) in [6.45, 7) is 0.721. The Morgan fingerprint density at radius 2 is 1.74 bits per heavy atom. The van der Waals surface area contributed by atoms with Crippen LogP contribution in [0.1, 0.15) is 16.8 Å². The van der Waals surface area contributed by atoms with Crippen LogP contribution < -0.4 is 14.8 Å². The van der Waals surface area contributed by atoms with Gasteiger partial charge in [0.2, 0.25) is 11.6 Å². The number of aryl methyl sites for hydroxylation is 1. The highest BCUT2D eigenvalue weighted by molar-refractivity contribution is 6.10. The summed E-state index contributed by atoms with van der Waals surface area (Å²) in [5.74, 6) is 2.26. The number of nitrogens with zero attached hydrogens (tertiary/aromatic N) is 6. The van der Waals surface area contributed by atoms with Gasteiger partial charge < -0.3 is 19.8 Å². The van der Waals surface area contributed by atoms with Crippen LogP contribution in [0.3, 0.4) is 0 Å². The minimum absolute atomic E-state index is 0.388. The summed E-state index contributed by atoms with van der Waals surface area (Å²) in [5.41, 5.74) is 6.28. The molecule has 2 N–H and O–H groups in total. The monoisotopic (exact) mass is 520 g/mol. The molecule has 0 saturated carbocycles. The van der Waals surface area contributed by atoms with Gasteiger partial charge in [0, 0.05) is 41.3 Å². The number of hydrogen-bond donors (Lipinski definition) is 2. The second kappa shape index (κ2) is 10.4. The van der Waals surface area contributed by atoms with Gasteiger partial charge in [-0.1, -0.05) is 36.4 Å². The average molecular weight is 521 g/mol. The summed E-state index contributed by atoms with van der Waals surface area (Å²) in [7, 11) is 5.01. The van der Waals surface area contributed by atoms with Gasteiger partial charge in [0.1, 0.15) is 0 Å².